The number of ether oxygens (including phenoxy) is 5. The van der Waals surface area contributed by atoms with Crippen LogP contribution in [0.2, 0.25) is 0 Å². The van der Waals surface area contributed by atoms with Crippen LogP contribution in [-0.4, -0.2) is 94.4 Å². The molecule has 13 nitrogen and oxygen atoms in total. The van der Waals surface area contributed by atoms with Gasteiger partial charge in [-0.25, -0.2) is 14.4 Å². The first kappa shape index (κ1) is 53.1. The van der Waals surface area contributed by atoms with Crippen molar-refractivity contribution in [2.24, 2.45) is 35.0 Å². The van der Waals surface area contributed by atoms with E-state index >= 15 is 0 Å². The van der Waals surface area contributed by atoms with Crippen molar-refractivity contribution in [1.82, 2.24) is 4.90 Å². The van der Waals surface area contributed by atoms with E-state index in [9.17, 15) is 38.0 Å². The van der Waals surface area contributed by atoms with Gasteiger partial charge in [-0.2, -0.15) is 17.0 Å². The van der Waals surface area contributed by atoms with Gasteiger partial charge in [0.15, 0.2) is 0 Å². The zero-order chi connectivity index (χ0) is 43.8. The number of amides is 2. The summed E-state index contributed by atoms with van der Waals surface area (Å²) in [4.78, 5) is 74.5. The van der Waals surface area contributed by atoms with Gasteiger partial charge in [-0.15, -0.1) is 6.42 Å². The van der Waals surface area contributed by atoms with E-state index in [1.165, 1.54) is 46.9 Å². The van der Waals surface area contributed by atoms with Crippen LogP contribution in [0.15, 0.2) is 61.0 Å². The highest BCUT2D eigenvalue weighted by molar-refractivity contribution is 7.79. The number of hydrogen-bond donors (Lipinski definition) is 1. The van der Waals surface area contributed by atoms with Gasteiger partial charge < -0.3 is 23.7 Å². The zero-order valence-electron chi connectivity index (χ0n) is 34.1. The maximum absolute atomic E-state index is 11.5. The summed E-state index contributed by atoms with van der Waals surface area (Å²) in [5, 5.41) is 0. The smallest absolute Gasteiger partial charge is 0.383 e. The molecule has 4 aliphatic carbocycles. The number of thiol groups is 1. The highest BCUT2D eigenvalue weighted by Gasteiger charge is 2.50. The Balaban J connectivity index is 0. The summed E-state index contributed by atoms with van der Waals surface area (Å²) in [5.41, 5.74) is 0.367. The van der Waals surface area contributed by atoms with E-state index in [-0.39, 0.29) is 47.2 Å². The van der Waals surface area contributed by atoms with Crippen LogP contribution in [0.4, 0.5) is 4.39 Å². The number of esters is 5. The molecular formula is C41H58FNO12S. The van der Waals surface area contributed by atoms with E-state index in [1.807, 2.05) is 27.7 Å². The molecule has 0 aromatic heterocycles. The van der Waals surface area contributed by atoms with Crippen molar-refractivity contribution >= 4 is 54.3 Å². The number of likely N-dealkylation sites (N-methyl/N-ethyl adjacent to an activating group) is 1. The van der Waals surface area contributed by atoms with Crippen molar-refractivity contribution in [3.05, 3.63) is 61.0 Å². The molecule has 2 heterocycles. The first-order valence-corrected chi connectivity index (χ1v) is 18.6. The average molecular weight is 808 g/mol. The Hall–Kier alpha value is -4.97. The summed E-state index contributed by atoms with van der Waals surface area (Å²) in [6, 6.07) is 0. The molecule has 0 radical (unpaired) electrons. The molecule has 0 aromatic rings. The van der Waals surface area contributed by atoms with Crippen LogP contribution >= 0.6 is 12.6 Å². The number of cyclic esters (lactones) is 1. The highest BCUT2D eigenvalue weighted by atomic mass is 32.1. The van der Waals surface area contributed by atoms with Crippen molar-refractivity contribution in [2.75, 3.05) is 41.7 Å². The molecule has 6 aliphatic rings. The number of terminal acetylenes is 1. The van der Waals surface area contributed by atoms with E-state index < -0.39 is 17.8 Å². The van der Waals surface area contributed by atoms with E-state index in [0.29, 0.717) is 35.7 Å². The largest absolute Gasteiger partial charge is 0.469 e. The second-order valence-electron chi connectivity index (χ2n) is 12.6. The summed E-state index contributed by atoms with van der Waals surface area (Å²) >= 11 is 3.53. The molecule has 2 saturated carbocycles. The quantitative estimate of drug-likeness (QED) is 0.0552. The molecule has 0 spiro atoms. The molecule has 2 aliphatic heterocycles. The van der Waals surface area contributed by atoms with Crippen molar-refractivity contribution in [3.8, 4) is 12.3 Å². The van der Waals surface area contributed by atoms with Crippen LogP contribution in [0.25, 0.3) is 0 Å². The SMILES string of the molecule is C#CC(=O)OC.C=C(F)C(=O)OC.C=C1CC(C)OC1=O.CC.CN1C(=O)C=CC1=O.COC(=O)C1(C)CC2C=CC1C2.COC(=O)C1CC2C=CC1C2.CS. The third kappa shape index (κ3) is 17.2. The van der Waals surface area contributed by atoms with Crippen LogP contribution in [0, 0.1) is 47.3 Å². The van der Waals surface area contributed by atoms with Gasteiger partial charge >= 0.3 is 29.8 Å². The molecule has 0 N–H and O–H groups in total. The number of allylic oxidation sites excluding steroid dienone is 4. The number of halogens is 1. The van der Waals surface area contributed by atoms with E-state index in [1.54, 1.807) is 12.2 Å². The number of carbonyl (C=O) groups is 7. The molecular weight excluding hydrogens is 750 g/mol. The fourth-order valence-electron chi connectivity index (χ4n) is 6.15. The number of fused-ring (bicyclic) bond motifs is 4. The number of carbonyl (C=O) groups excluding carboxylic acids is 7. The number of rotatable bonds is 3. The predicted octanol–water partition coefficient (Wildman–Crippen LogP) is 5.56. The maximum Gasteiger partial charge on any atom is 0.383 e. The molecule has 3 fully saturated rings. The van der Waals surface area contributed by atoms with Gasteiger partial charge in [-0.3, -0.25) is 24.1 Å². The summed E-state index contributed by atoms with van der Waals surface area (Å²) in [6.07, 6.45) is 22.6. The summed E-state index contributed by atoms with van der Waals surface area (Å²) in [7, 11) is 6.72. The molecule has 7 unspecified atom stereocenters. The minimum absolute atomic E-state index is 0.0261. The minimum atomic E-state index is -1.07. The molecule has 2 amide bonds. The van der Waals surface area contributed by atoms with Crippen molar-refractivity contribution in [3.63, 3.8) is 0 Å². The van der Waals surface area contributed by atoms with Crippen LogP contribution < -0.4 is 0 Å². The van der Waals surface area contributed by atoms with E-state index in [0.717, 1.165) is 31.3 Å². The number of hydrogen-bond acceptors (Lipinski definition) is 13. The fraction of sp³-hybridized carbons (Fsp3) is 0.537. The second kappa shape index (κ2) is 27.6. The molecule has 56 heavy (non-hydrogen) atoms. The molecule has 0 aromatic carbocycles. The highest BCUT2D eigenvalue weighted by Crippen LogP contribution is 2.52. The zero-order valence-corrected chi connectivity index (χ0v) is 35.0. The third-order valence-electron chi connectivity index (χ3n) is 8.98. The van der Waals surface area contributed by atoms with Gasteiger partial charge in [0.2, 0.25) is 5.83 Å². The number of nitrogens with zero attached hydrogens (tertiary/aromatic N) is 1. The van der Waals surface area contributed by atoms with Gasteiger partial charge in [-0.1, -0.05) is 51.3 Å². The Bertz CT molecular complexity index is 1500. The van der Waals surface area contributed by atoms with E-state index in [4.69, 9.17) is 14.2 Å². The first-order chi connectivity index (χ1) is 26.4. The lowest BCUT2D eigenvalue weighted by Gasteiger charge is -2.27. The average Bonchev–Trinajstić information content (AvgIpc) is 4.09. The molecule has 15 heteroatoms. The lowest BCUT2D eigenvalue weighted by Crippen LogP contribution is -2.32. The summed E-state index contributed by atoms with van der Waals surface area (Å²) in [6.45, 7) is 14.1. The Morgan fingerprint density at radius 2 is 1.46 bits per heavy atom. The standard InChI is InChI=1S/C10H14O2.C9H12O2.C6H8O2.C5H5NO2.C4H5FO2.C4H4O2.C2H6.CH4S/c1-10(9(11)12-2)6-7-3-4-8(10)5-7;1-11-9(10)8-5-6-2-3-7(8)4-6;1-4-3-5(2)8-6(4)7;1-6-4(7)2-3-5(6)8;1-3(5)4(6)7-2;1-3-4(5)6-2;2*1-2/h3-4,7-8H,5-6H2,1-2H3;2-3,6-8H,4-5H2,1H3;5H,1,3H2,2H3;2-3H,1H3;1H2,2H3;1H,2H3;1-2H3;2H,1H3. The molecule has 1 saturated heterocycles. The van der Waals surface area contributed by atoms with Gasteiger partial charge in [0.05, 0.1) is 39.8 Å². The van der Waals surface area contributed by atoms with Crippen LogP contribution in [-0.2, 0) is 57.2 Å². The molecule has 4 bridgehead atoms. The number of imide groups is 1. The van der Waals surface area contributed by atoms with Crippen molar-refractivity contribution in [1.29, 1.82) is 0 Å². The summed E-state index contributed by atoms with van der Waals surface area (Å²) < 4.78 is 33.6. The predicted molar refractivity (Wildman–Crippen MR) is 212 cm³/mol. The van der Waals surface area contributed by atoms with Gasteiger partial charge in [-0.05, 0) is 69.5 Å². The van der Waals surface area contributed by atoms with Crippen molar-refractivity contribution in [2.45, 2.75) is 65.9 Å². The van der Waals surface area contributed by atoms with Crippen LogP contribution in [0.5, 0.6) is 0 Å². The Kier molecular flexibility index (Phi) is 26.2. The maximum atomic E-state index is 11.5. The normalized spacial score (nSPS) is 25.6. The topological polar surface area (TPSA) is 169 Å². The molecule has 7 atom stereocenters. The summed E-state index contributed by atoms with van der Waals surface area (Å²) in [5.74, 6) is 0.602. The first-order valence-electron chi connectivity index (χ1n) is 17.7. The van der Waals surface area contributed by atoms with Gasteiger partial charge in [0.25, 0.3) is 11.8 Å². The second-order valence-corrected chi connectivity index (χ2v) is 12.6. The van der Waals surface area contributed by atoms with Gasteiger partial charge in [0.1, 0.15) is 6.10 Å². The Labute approximate surface area is 336 Å². The van der Waals surface area contributed by atoms with Crippen LogP contribution in [0.1, 0.15) is 59.8 Å². The Morgan fingerprint density at radius 3 is 1.68 bits per heavy atom. The lowest BCUT2D eigenvalue weighted by atomic mass is 9.78. The number of methoxy groups -OCH3 is 4. The monoisotopic (exact) mass is 807 g/mol. The minimum Gasteiger partial charge on any atom is -0.469 e. The third-order valence-corrected chi connectivity index (χ3v) is 8.98. The van der Waals surface area contributed by atoms with Crippen LogP contribution in [0.3, 0.4) is 0 Å². The Morgan fingerprint density at radius 1 is 0.911 bits per heavy atom. The fourth-order valence-corrected chi connectivity index (χ4v) is 6.15. The van der Waals surface area contributed by atoms with E-state index in [2.05, 4.69) is 66.0 Å². The van der Waals surface area contributed by atoms with Crippen molar-refractivity contribution < 1.29 is 61.6 Å². The lowest BCUT2D eigenvalue weighted by molar-refractivity contribution is -0.153. The molecule has 312 valence electrons. The molecule has 6 rings (SSSR count). The van der Waals surface area contributed by atoms with Gasteiger partial charge in [0, 0.05) is 37.1 Å².